The van der Waals surface area contributed by atoms with Crippen LogP contribution in [0.5, 0.6) is 5.75 Å². The molecule has 0 spiro atoms. The van der Waals surface area contributed by atoms with Crippen molar-refractivity contribution in [1.82, 2.24) is 0 Å². The van der Waals surface area contributed by atoms with Crippen LogP contribution in [-0.2, 0) is 14.8 Å². The Morgan fingerprint density at radius 1 is 1.08 bits per heavy atom. The van der Waals surface area contributed by atoms with Gasteiger partial charge in [-0.25, -0.2) is 8.42 Å². The van der Waals surface area contributed by atoms with Gasteiger partial charge in [0.05, 0.1) is 17.1 Å². The second kappa shape index (κ2) is 6.80. The van der Waals surface area contributed by atoms with E-state index in [1.165, 1.54) is 38.1 Å². The summed E-state index contributed by atoms with van der Waals surface area (Å²) >= 11 is 0. The lowest BCUT2D eigenvalue weighted by Crippen LogP contribution is -2.36. The molecule has 2 aromatic rings. The van der Waals surface area contributed by atoms with E-state index in [0.717, 1.165) is 0 Å². The summed E-state index contributed by atoms with van der Waals surface area (Å²) in [6.07, 6.45) is 0. The van der Waals surface area contributed by atoms with E-state index < -0.39 is 10.0 Å². The van der Waals surface area contributed by atoms with Gasteiger partial charge in [-0.3, -0.25) is 14.3 Å². The molecule has 26 heavy (non-hydrogen) atoms. The van der Waals surface area contributed by atoms with Gasteiger partial charge in [0, 0.05) is 24.2 Å². The van der Waals surface area contributed by atoms with E-state index in [2.05, 4.69) is 4.72 Å². The summed E-state index contributed by atoms with van der Waals surface area (Å²) in [6, 6.07) is 10.6. The van der Waals surface area contributed by atoms with E-state index in [1.54, 1.807) is 23.1 Å². The standard InChI is InChI=1S/C18H18N2O5S/c1-12(21)14-3-5-15(6-4-14)19-26(23,24)16-7-8-17-18(11-16)25-10-9-20(17)13(2)22/h3-8,11,19H,9-10H2,1-2H3. The van der Waals surface area contributed by atoms with E-state index >= 15 is 0 Å². The Bertz CT molecular complexity index is 968. The zero-order valence-electron chi connectivity index (χ0n) is 14.4. The Kier molecular flexibility index (Phi) is 4.69. The fourth-order valence-electron chi connectivity index (χ4n) is 2.68. The lowest BCUT2D eigenvalue weighted by atomic mass is 10.1. The number of benzene rings is 2. The molecule has 0 unspecified atom stereocenters. The average molecular weight is 374 g/mol. The van der Waals surface area contributed by atoms with Gasteiger partial charge in [0.1, 0.15) is 12.4 Å². The molecule has 0 aromatic heterocycles. The number of fused-ring (bicyclic) bond motifs is 1. The van der Waals surface area contributed by atoms with Crippen molar-refractivity contribution < 1.29 is 22.7 Å². The highest BCUT2D eigenvalue weighted by atomic mass is 32.2. The number of amides is 1. The molecule has 0 bridgehead atoms. The van der Waals surface area contributed by atoms with Crippen molar-refractivity contribution in [3.8, 4) is 5.75 Å². The summed E-state index contributed by atoms with van der Waals surface area (Å²) in [6.45, 7) is 3.62. The fraction of sp³-hybridized carbons (Fsp3) is 0.222. The third-order valence-electron chi connectivity index (χ3n) is 4.03. The monoisotopic (exact) mass is 374 g/mol. The third-order valence-corrected chi connectivity index (χ3v) is 5.41. The summed E-state index contributed by atoms with van der Waals surface area (Å²) < 4.78 is 33.2. The van der Waals surface area contributed by atoms with Crippen LogP contribution in [0.25, 0.3) is 0 Å². The van der Waals surface area contributed by atoms with Gasteiger partial charge < -0.3 is 9.64 Å². The predicted molar refractivity (Wildman–Crippen MR) is 97.2 cm³/mol. The van der Waals surface area contributed by atoms with Crippen molar-refractivity contribution in [2.24, 2.45) is 0 Å². The number of carbonyl (C=O) groups is 2. The first-order valence-corrected chi connectivity index (χ1v) is 9.45. The maximum atomic E-state index is 12.6. The van der Waals surface area contributed by atoms with Gasteiger partial charge in [-0.05, 0) is 43.3 Å². The molecule has 0 saturated heterocycles. The van der Waals surface area contributed by atoms with Crippen LogP contribution in [0.15, 0.2) is 47.4 Å². The van der Waals surface area contributed by atoms with E-state index in [-0.39, 0.29) is 16.6 Å². The van der Waals surface area contributed by atoms with Crippen LogP contribution in [0.3, 0.4) is 0 Å². The summed E-state index contributed by atoms with van der Waals surface area (Å²) in [5.41, 5.74) is 1.40. The minimum absolute atomic E-state index is 0.0253. The molecule has 8 heteroatoms. The number of rotatable bonds is 4. The topological polar surface area (TPSA) is 92.8 Å². The van der Waals surface area contributed by atoms with Crippen molar-refractivity contribution >= 4 is 33.1 Å². The van der Waals surface area contributed by atoms with E-state index in [4.69, 9.17) is 4.74 Å². The Morgan fingerprint density at radius 3 is 2.38 bits per heavy atom. The van der Waals surface area contributed by atoms with Crippen LogP contribution in [-0.4, -0.2) is 33.3 Å². The highest BCUT2D eigenvalue weighted by molar-refractivity contribution is 7.92. The molecule has 3 rings (SSSR count). The first-order valence-electron chi connectivity index (χ1n) is 7.97. The van der Waals surface area contributed by atoms with E-state index in [9.17, 15) is 18.0 Å². The molecular formula is C18H18N2O5S. The zero-order chi connectivity index (χ0) is 18.9. The number of hydrogen-bond donors (Lipinski definition) is 1. The summed E-state index contributed by atoms with van der Waals surface area (Å²) in [5.74, 6) is 0.122. The first kappa shape index (κ1) is 17.9. The summed E-state index contributed by atoms with van der Waals surface area (Å²) in [5, 5.41) is 0. The number of carbonyl (C=O) groups excluding carboxylic acids is 2. The maximum Gasteiger partial charge on any atom is 0.262 e. The molecular weight excluding hydrogens is 356 g/mol. The van der Waals surface area contributed by atoms with E-state index in [1.807, 2.05) is 0 Å². The second-order valence-corrected chi connectivity index (χ2v) is 7.57. The van der Waals surface area contributed by atoms with Gasteiger partial charge in [0.15, 0.2) is 5.78 Å². The maximum absolute atomic E-state index is 12.6. The fourth-order valence-corrected chi connectivity index (χ4v) is 3.76. The minimum atomic E-state index is -3.84. The number of nitrogens with one attached hydrogen (secondary N) is 1. The van der Waals surface area contributed by atoms with Crippen molar-refractivity contribution in [2.75, 3.05) is 22.8 Å². The second-order valence-electron chi connectivity index (χ2n) is 5.89. The van der Waals surface area contributed by atoms with Gasteiger partial charge in [-0.2, -0.15) is 0 Å². The van der Waals surface area contributed by atoms with Gasteiger partial charge in [0.2, 0.25) is 5.91 Å². The SMILES string of the molecule is CC(=O)c1ccc(NS(=O)(=O)c2ccc3c(c2)OCCN3C(C)=O)cc1. The van der Waals surface area contributed by atoms with Crippen molar-refractivity contribution in [3.05, 3.63) is 48.0 Å². The van der Waals surface area contributed by atoms with Crippen molar-refractivity contribution in [2.45, 2.75) is 18.7 Å². The lowest BCUT2D eigenvalue weighted by molar-refractivity contribution is -0.116. The summed E-state index contributed by atoms with van der Waals surface area (Å²) in [7, 11) is -3.84. The lowest BCUT2D eigenvalue weighted by Gasteiger charge is -2.28. The van der Waals surface area contributed by atoms with Crippen LogP contribution in [0, 0.1) is 0 Å². The summed E-state index contributed by atoms with van der Waals surface area (Å²) in [4.78, 5) is 24.5. The molecule has 0 saturated carbocycles. The first-order chi connectivity index (χ1) is 12.3. The number of Topliss-reactive ketones (excluding diaryl/α,β-unsaturated/α-hetero) is 1. The highest BCUT2D eigenvalue weighted by Gasteiger charge is 2.24. The minimum Gasteiger partial charge on any atom is -0.489 e. The number of sulfonamides is 1. The van der Waals surface area contributed by atoms with Gasteiger partial charge in [0.25, 0.3) is 10.0 Å². The Balaban J connectivity index is 1.88. The Morgan fingerprint density at radius 2 is 1.77 bits per heavy atom. The molecule has 1 heterocycles. The number of nitrogens with zero attached hydrogens (tertiary/aromatic N) is 1. The molecule has 0 aliphatic carbocycles. The molecule has 0 fully saturated rings. The van der Waals surface area contributed by atoms with Crippen molar-refractivity contribution in [1.29, 1.82) is 0 Å². The molecule has 1 aliphatic heterocycles. The van der Waals surface area contributed by atoms with Crippen LogP contribution in [0.4, 0.5) is 11.4 Å². The van der Waals surface area contributed by atoms with Crippen LogP contribution >= 0.6 is 0 Å². The number of hydrogen-bond acceptors (Lipinski definition) is 5. The smallest absolute Gasteiger partial charge is 0.262 e. The molecule has 0 atom stereocenters. The van der Waals surface area contributed by atoms with Crippen molar-refractivity contribution in [3.63, 3.8) is 0 Å². The predicted octanol–water partition coefficient (Wildman–Crippen LogP) is 2.44. The van der Waals surface area contributed by atoms with Crippen LogP contribution in [0.1, 0.15) is 24.2 Å². The average Bonchev–Trinajstić information content (AvgIpc) is 2.60. The quantitative estimate of drug-likeness (QED) is 0.830. The molecule has 0 radical (unpaired) electrons. The van der Waals surface area contributed by atoms with Gasteiger partial charge in [-0.15, -0.1) is 0 Å². The van der Waals surface area contributed by atoms with Crippen LogP contribution < -0.4 is 14.4 Å². The normalized spacial score (nSPS) is 13.5. The van der Waals surface area contributed by atoms with E-state index in [0.29, 0.717) is 35.8 Å². The molecule has 1 aliphatic rings. The van der Waals surface area contributed by atoms with Gasteiger partial charge in [-0.1, -0.05) is 0 Å². The number of anilines is 2. The number of ether oxygens (including phenoxy) is 1. The number of ketones is 1. The molecule has 1 amide bonds. The zero-order valence-corrected chi connectivity index (χ0v) is 15.2. The molecule has 136 valence electrons. The Hall–Kier alpha value is -2.87. The third kappa shape index (κ3) is 3.55. The van der Waals surface area contributed by atoms with Crippen LogP contribution in [0.2, 0.25) is 0 Å². The highest BCUT2D eigenvalue weighted by Crippen LogP contribution is 2.34. The molecule has 1 N–H and O–H groups in total. The Labute approximate surface area is 151 Å². The van der Waals surface area contributed by atoms with Gasteiger partial charge >= 0.3 is 0 Å². The molecule has 7 nitrogen and oxygen atoms in total. The molecule has 2 aromatic carbocycles. The largest absolute Gasteiger partial charge is 0.489 e.